The van der Waals surface area contributed by atoms with E-state index in [2.05, 4.69) is 28.5 Å². The van der Waals surface area contributed by atoms with Crippen molar-refractivity contribution in [2.75, 3.05) is 11.9 Å². The van der Waals surface area contributed by atoms with E-state index >= 15 is 0 Å². The van der Waals surface area contributed by atoms with Crippen LogP contribution in [0, 0.1) is 0 Å². The molecule has 106 valence electrons. The molecule has 0 bridgehead atoms. The molecule has 1 aliphatic heterocycles. The van der Waals surface area contributed by atoms with Crippen LogP contribution >= 0.6 is 11.3 Å². The van der Waals surface area contributed by atoms with Crippen LogP contribution in [0.2, 0.25) is 0 Å². The summed E-state index contributed by atoms with van der Waals surface area (Å²) in [5, 5.41) is 3.53. The van der Waals surface area contributed by atoms with Crippen molar-refractivity contribution in [3.63, 3.8) is 0 Å². The normalized spacial score (nSPS) is 24.7. The lowest BCUT2D eigenvalue weighted by atomic mass is 9.98. The van der Waals surface area contributed by atoms with Crippen molar-refractivity contribution in [3.05, 3.63) is 23.7 Å². The van der Waals surface area contributed by atoms with Gasteiger partial charge in [0.25, 0.3) is 0 Å². The first-order valence-corrected chi connectivity index (χ1v) is 8.46. The highest BCUT2D eigenvalue weighted by molar-refractivity contribution is 7.16. The molecule has 3 nitrogen and oxygen atoms in total. The summed E-state index contributed by atoms with van der Waals surface area (Å²) in [5.74, 6) is 0. The summed E-state index contributed by atoms with van der Waals surface area (Å²) in [6.07, 6.45) is 8.09. The number of nitrogens with one attached hydrogen (secondary N) is 1. The lowest BCUT2D eigenvalue weighted by molar-refractivity contribution is -0.0307. The number of rotatable bonds is 3. The Balaban J connectivity index is 1.38. The standard InChI is InChI=1S/C16H20N2OS/c1-2-7-16(6-1)8-5-13(19-16)10-17-12-3-4-14-15(9-12)20-11-18-14/h3-4,9,11,13,17H,1-2,5-8,10H2. The maximum Gasteiger partial charge on any atom is 0.0813 e. The third kappa shape index (κ3) is 2.31. The molecule has 4 rings (SSSR count). The number of aromatic nitrogens is 1. The summed E-state index contributed by atoms with van der Waals surface area (Å²) < 4.78 is 7.58. The Morgan fingerprint density at radius 2 is 2.20 bits per heavy atom. The number of nitrogens with zero attached hydrogens (tertiary/aromatic N) is 1. The summed E-state index contributed by atoms with van der Waals surface area (Å²) in [6.45, 7) is 0.923. The van der Waals surface area contributed by atoms with Gasteiger partial charge in [0.2, 0.25) is 0 Å². The molecule has 1 spiro atoms. The molecule has 2 fully saturated rings. The Kier molecular flexibility index (Phi) is 3.15. The van der Waals surface area contributed by atoms with Crippen LogP contribution < -0.4 is 5.32 Å². The van der Waals surface area contributed by atoms with E-state index in [1.807, 2.05) is 5.51 Å². The molecule has 1 atom stereocenters. The van der Waals surface area contributed by atoms with Gasteiger partial charge in [0, 0.05) is 12.2 Å². The van der Waals surface area contributed by atoms with Gasteiger partial charge < -0.3 is 10.1 Å². The predicted octanol–water partition coefficient (Wildman–Crippen LogP) is 4.20. The molecule has 2 aromatic rings. The summed E-state index contributed by atoms with van der Waals surface area (Å²) in [6, 6.07) is 6.39. The zero-order valence-electron chi connectivity index (χ0n) is 11.6. The number of hydrogen-bond acceptors (Lipinski definition) is 4. The van der Waals surface area contributed by atoms with E-state index in [0.717, 1.165) is 12.1 Å². The summed E-state index contributed by atoms with van der Waals surface area (Å²) in [7, 11) is 0. The lowest BCUT2D eigenvalue weighted by Crippen LogP contribution is -2.27. The molecule has 0 radical (unpaired) electrons. The molecule has 1 saturated carbocycles. The zero-order chi connectivity index (χ0) is 13.4. The van der Waals surface area contributed by atoms with E-state index in [4.69, 9.17) is 4.74 Å². The Morgan fingerprint density at radius 1 is 1.30 bits per heavy atom. The summed E-state index contributed by atoms with van der Waals surface area (Å²) >= 11 is 1.69. The van der Waals surface area contributed by atoms with Gasteiger partial charge >= 0.3 is 0 Å². The average Bonchev–Trinajstić information content (AvgIpc) is 3.19. The largest absolute Gasteiger partial charge is 0.382 e. The Bertz CT molecular complexity index is 603. The van der Waals surface area contributed by atoms with E-state index in [9.17, 15) is 0 Å². The SMILES string of the molecule is c1nc2ccc(NCC3CCC4(CCCC4)O3)cc2s1. The molecule has 4 heteroatoms. The summed E-state index contributed by atoms with van der Waals surface area (Å²) in [5.41, 5.74) is 4.41. The van der Waals surface area contributed by atoms with Gasteiger partial charge in [0.05, 0.1) is 27.4 Å². The third-order valence-electron chi connectivity index (χ3n) is 4.72. The predicted molar refractivity (Wildman–Crippen MR) is 83.4 cm³/mol. The Hall–Kier alpha value is -1.13. The van der Waals surface area contributed by atoms with Crippen molar-refractivity contribution in [2.45, 2.75) is 50.2 Å². The first-order chi connectivity index (χ1) is 9.83. The van der Waals surface area contributed by atoms with Gasteiger partial charge in [-0.2, -0.15) is 0 Å². The van der Waals surface area contributed by atoms with Crippen LogP contribution in [0.3, 0.4) is 0 Å². The monoisotopic (exact) mass is 288 g/mol. The lowest BCUT2D eigenvalue weighted by Gasteiger charge is -2.24. The van der Waals surface area contributed by atoms with Crippen LogP contribution in [0.15, 0.2) is 23.7 Å². The molecule has 2 aliphatic rings. The highest BCUT2D eigenvalue weighted by Gasteiger charge is 2.41. The van der Waals surface area contributed by atoms with E-state index < -0.39 is 0 Å². The van der Waals surface area contributed by atoms with Crippen LogP contribution in [0.25, 0.3) is 10.2 Å². The number of ether oxygens (including phenoxy) is 1. The Morgan fingerprint density at radius 3 is 3.10 bits per heavy atom. The second kappa shape index (κ2) is 5.01. The fourth-order valence-electron chi connectivity index (χ4n) is 3.62. The molecular formula is C16H20N2OS. The molecular weight excluding hydrogens is 268 g/mol. The first kappa shape index (κ1) is 12.6. The van der Waals surface area contributed by atoms with Crippen molar-refractivity contribution in [1.29, 1.82) is 0 Å². The van der Waals surface area contributed by atoms with Gasteiger partial charge in [-0.15, -0.1) is 11.3 Å². The Labute approximate surface area is 123 Å². The van der Waals surface area contributed by atoms with Crippen molar-refractivity contribution in [1.82, 2.24) is 4.98 Å². The van der Waals surface area contributed by atoms with Crippen LogP contribution in [-0.4, -0.2) is 23.2 Å². The van der Waals surface area contributed by atoms with E-state index in [-0.39, 0.29) is 5.60 Å². The van der Waals surface area contributed by atoms with Crippen LogP contribution in [-0.2, 0) is 4.74 Å². The second-order valence-electron chi connectivity index (χ2n) is 6.08. The number of anilines is 1. The molecule has 1 unspecified atom stereocenters. The maximum absolute atomic E-state index is 6.33. The van der Waals surface area contributed by atoms with Crippen LogP contribution in [0.5, 0.6) is 0 Å². The molecule has 2 heterocycles. The van der Waals surface area contributed by atoms with Gasteiger partial charge in [-0.3, -0.25) is 0 Å². The molecule has 1 aromatic heterocycles. The number of hydrogen-bond donors (Lipinski definition) is 1. The molecule has 1 aromatic carbocycles. The molecule has 1 N–H and O–H groups in total. The van der Waals surface area contributed by atoms with Gasteiger partial charge in [0.1, 0.15) is 0 Å². The number of benzene rings is 1. The minimum atomic E-state index is 0.244. The van der Waals surface area contributed by atoms with Gasteiger partial charge in [0.15, 0.2) is 0 Å². The van der Waals surface area contributed by atoms with E-state index in [1.54, 1.807) is 11.3 Å². The first-order valence-electron chi connectivity index (χ1n) is 7.58. The van der Waals surface area contributed by atoms with Gasteiger partial charge in [-0.25, -0.2) is 4.98 Å². The van der Waals surface area contributed by atoms with Crippen molar-refractivity contribution < 1.29 is 4.74 Å². The van der Waals surface area contributed by atoms with E-state index in [0.29, 0.717) is 6.10 Å². The van der Waals surface area contributed by atoms with Crippen LogP contribution in [0.4, 0.5) is 5.69 Å². The quantitative estimate of drug-likeness (QED) is 0.919. The zero-order valence-corrected chi connectivity index (χ0v) is 12.4. The minimum absolute atomic E-state index is 0.244. The fraction of sp³-hybridized carbons (Fsp3) is 0.562. The van der Waals surface area contributed by atoms with Crippen molar-refractivity contribution >= 4 is 27.2 Å². The van der Waals surface area contributed by atoms with Gasteiger partial charge in [-0.05, 0) is 43.9 Å². The van der Waals surface area contributed by atoms with Crippen LogP contribution in [0.1, 0.15) is 38.5 Å². The highest BCUT2D eigenvalue weighted by Crippen LogP contribution is 2.43. The van der Waals surface area contributed by atoms with E-state index in [1.165, 1.54) is 48.9 Å². The molecule has 20 heavy (non-hydrogen) atoms. The fourth-order valence-corrected chi connectivity index (χ4v) is 4.34. The average molecular weight is 288 g/mol. The molecule has 1 saturated heterocycles. The van der Waals surface area contributed by atoms with Crippen molar-refractivity contribution in [3.8, 4) is 0 Å². The van der Waals surface area contributed by atoms with Gasteiger partial charge in [-0.1, -0.05) is 12.8 Å². The maximum atomic E-state index is 6.33. The van der Waals surface area contributed by atoms with Crippen molar-refractivity contribution in [2.24, 2.45) is 0 Å². The minimum Gasteiger partial charge on any atom is -0.382 e. The number of thiazole rings is 1. The molecule has 0 amide bonds. The smallest absolute Gasteiger partial charge is 0.0813 e. The number of fused-ring (bicyclic) bond motifs is 1. The third-order valence-corrected chi connectivity index (χ3v) is 5.51. The second-order valence-corrected chi connectivity index (χ2v) is 6.97. The topological polar surface area (TPSA) is 34.2 Å². The highest BCUT2D eigenvalue weighted by atomic mass is 32.1. The molecule has 1 aliphatic carbocycles. The summed E-state index contributed by atoms with van der Waals surface area (Å²) in [4.78, 5) is 4.31.